The Bertz CT molecular complexity index is 752. The van der Waals surface area contributed by atoms with E-state index in [4.69, 9.17) is 4.74 Å². The number of rotatable bonds is 7. The molecule has 1 amide bonds. The second-order valence-corrected chi connectivity index (χ2v) is 10.1. The second-order valence-electron chi connectivity index (χ2n) is 8.74. The molecule has 0 radical (unpaired) electrons. The Morgan fingerprint density at radius 3 is 2.45 bits per heavy atom. The van der Waals surface area contributed by atoms with E-state index >= 15 is 0 Å². The molecule has 0 bridgehead atoms. The number of likely N-dealkylation sites (tertiary alicyclic amines) is 1. The number of ether oxygens (including phenoxy) is 1. The second kappa shape index (κ2) is 10.3. The van der Waals surface area contributed by atoms with Crippen LogP contribution in [0.15, 0.2) is 23.1 Å². The van der Waals surface area contributed by atoms with Crippen LogP contribution in [0.2, 0.25) is 0 Å². The molecule has 0 N–H and O–H groups in total. The molecular weight excluding hydrogens is 393 g/mol. The standard InChI is InChI=1S/C22H32FNO4S/c1-22(2,3)28-21(26)24-12-10-16(11-13-24)6-5-7-18(25)14-17-8-9-20(29(4)27)19(23)15-17/h8-9,15-16H,5-7,10-14H2,1-4H3. The molecule has 162 valence electrons. The van der Waals surface area contributed by atoms with Crippen molar-refractivity contribution in [3.8, 4) is 0 Å². The molecule has 7 heteroatoms. The Hall–Kier alpha value is -1.76. The summed E-state index contributed by atoms with van der Waals surface area (Å²) in [5.74, 6) is 0.0755. The summed E-state index contributed by atoms with van der Waals surface area (Å²) in [5.41, 5.74) is 0.137. The maximum Gasteiger partial charge on any atom is 0.410 e. The highest BCUT2D eigenvalue weighted by Crippen LogP contribution is 2.24. The Labute approximate surface area is 175 Å². The summed E-state index contributed by atoms with van der Waals surface area (Å²) >= 11 is 0. The number of hydrogen-bond donors (Lipinski definition) is 0. The minimum atomic E-state index is -1.37. The number of piperidine rings is 1. The smallest absolute Gasteiger partial charge is 0.410 e. The first kappa shape index (κ1) is 23.5. The largest absolute Gasteiger partial charge is 0.444 e. The van der Waals surface area contributed by atoms with Gasteiger partial charge in [-0.2, -0.15) is 0 Å². The van der Waals surface area contributed by atoms with E-state index in [1.54, 1.807) is 11.0 Å². The minimum absolute atomic E-state index is 0.0842. The topological polar surface area (TPSA) is 63.7 Å². The number of amides is 1. The summed E-state index contributed by atoms with van der Waals surface area (Å²) in [5, 5.41) is 0. The van der Waals surface area contributed by atoms with Gasteiger partial charge in [0.25, 0.3) is 0 Å². The van der Waals surface area contributed by atoms with Crippen molar-refractivity contribution in [1.82, 2.24) is 4.90 Å². The number of carbonyl (C=O) groups is 2. The van der Waals surface area contributed by atoms with E-state index in [0.29, 0.717) is 31.0 Å². The van der Waals surface area contributed by atoms with Crippen molar-refractivity contribution in [1.29, 1.82) is 0 Å². The monoisotopic (exact) mass is 425 g/mol. The summed E-state index contributed by atoms with van der Waals surface area (Å²) in [6, 6.07) is 4.47. The lowest BCUT2D eigenvalue weighted by Gasteiger charge is -2.33. The first-order valence-corrected chi connectivity index (χ1v) is 11.7. The Morgan fingerprint density at radius 1 is 1.24 bits per heavy atom. The van der Waals surface area contributed by atoms with Crippen LogP contribution < -0.4 is 0 Å². The lowest BCUT2D eigenvalue weighted by Crippen LogP contribution is -2.41. The molecule has 1 aromatic carbocycles. The number of nitrogens with zero attached hydrogens (tertiary/aromatic N) is 1. The first-order valence-electron chi connectivity index (χ1n) is 10.2. The number of ketones is 1. The quantitative estimate of drug-likeness (QED) is 0.646. The van der Waals surface area contributed by atoms with E-state index in [0.717, 1.165) is 25.7 Å². The van der Waals surface area contributed by atoms with Crippen LogP contribution in [0.25, 0.3) is 0 Å². The zero-order valence-electron chi connectivity index (χ0n) is 17.8. The van der Waals surface area contributed by atoms with Crippen LogP contribution in [-0.2, 0) is 26.8 Å². The molecule has 5 nitrogen and oxygen atoms in total. The molecular formula is C22H32FNO4S. The lowest BCUT2D eigenvalue weighted by molar-refractivity contribution is -0.118. The molecule has 1 aliphatic rings. The molecule has 1 heterocycles. The van der Waals surface area contributed by atoms with E-state index in [9.17, 15) is 18.2 Å². The van der Waals surface area contributed by atoms with Crippen molar-refractivity contribution >= 4 is 22.7 Å². The summed E-state index contributed by atoms with van der Waals surface area (Å²) in [7, 11) is -1.37. The van der Waals surface area contributed by atoms with Crippen molar-refractivity contribution in [2.75, 3.05) is 19.3 Å². The molecule has 1 aromatic rings. The fraction of sp³-hybridized carbons (Fsp3) is 0.636. The van der Waals surface area contributed by atoms with Crippen LogP contribution in [0.5, 0.6) is 0 Å². The van der Waals surface area contributed by atoms with Gasteiger partial charge >= 0.3 is 6.09 Å². The van der Waals surface area contributed by atoms with Crippen LogP contribution in [0.3, 0.4) is 0 Å². The number of halogens is 1. The maximum atomic E-state index is 13.9. The van der Waals surface area contributed by atoms with Crippen molar-refractivity contribution in [3.05, 3.63) is 29.6 Å². The molecule has 1 fully saturated rings. The molecule has 2 rings (SSSR count). The Balaban J connectivity index is 1.69. The molecule has 29 heavy (non-hydrogen) atoms. The van der Waals surface area contributed by atoms with Crippen molar-refractivity contribution < 1.29 is 22.9 Å². The molecule has 0 spiro atoms. The first-order chi connectivity index (χ1) is 13.5. The Kier molecular flexibility index (Phi) is 8.37. The summed E-state index contributed by atoms with van der Waals surface area (Å²) in [4.78, 5) is 26.2. The summed E-state index contributed by atoms with van der Waals surface area (Å²) < 4.78 is 30.7. The average Bonchev–Trinajstić information content (AvgIpc) is 2.60. The van der Waals surface area contributed by atoms with Gasteiger partial charge in [-0.3, -0.25) is 9.00 Å². The molecule has 1 saturated heterocycles. The van der Waals surface area contributed by atoms with Gasteiger partial charge in [0, 0.05) is 32.2 Å². The zero-order valence-corrected chi connectivity index (χ0v) is 18.6. The fourth-order valence-electron chi connectivity index (χ4n) is 3.52. The number of hydrogen-bond acceptors (Lipinski definition) is 4. The molecule has 1 atom stereocenters. The van der Waals surface area contributed by atoms with E-state index in [2.05, 4.69) is 0 Å². The van der Waals surface area contributed by atoms with E-state index in [-0.39, 0.29) is 23.2 Å². The maximum absolute atomic E-state index is 13.9. The minimum Gasteiger partial charge on any atom is -0.444 e. The molecule has 0 aliphatic carbocycles. The molecule has 0 saturated carbocycles. The van der Waals surface area contributed by atoms with E-state index in [1.807, 2.05) is 20.8 Å². The zero-order chi connectivity index (χ0) is 21.6. The SMILES string of the molecule is CS(=O)c1ccc(CC(=O)CCCC2CCN(C(=O)OC(C)(C)C)CC2)cc1F. The van der Waals surface area contributed by atoms with Crippen LogP contribution >= 0.6 is 0 Å². The molecule has 0 aromatic heterocycles. The highest BCUT2D eigenvalue weighted by molar-refractivity contribution is 7.84. The number of Topliss-reactive ketones (excluding diaryl/α,β-unsaturated/α-hetero) is 1. The predicted octanol–water partition coefficient (Wildman–Crippen LogP) is 4.49. The highest BCUT2D eigenvalue weighted by Gasteiger charge is 2.26. The highest BCUT2D eigenvalue weighted by atomic mass is 32.2. The van der Waals surface area contributed by atoms with Gasteiger partial charge in [-0.15, -0.1) is 0 Å². The molecule has 1 aliphatic heterocycles. The van der Waals surface area contributed by atoms with Crippen LogP contribution in [0, 0.1) is 11.7 Å². The van der Waals surface area contributed by atoms with Gasteiger partial charge < -0.3 is 9.64 Å². The van der Waals surface area contributed by atoms with Crippen LogP contribution in [0.4, 0.5) is 9.18 Å². The van der Waals surface area contributed by atoms with Crippen LogP contribution in [0.1, 0.15) is 58.4 Å². The van der Waals surface area contributed by atoms with Gasteiger partial charge in [-0.25, -0.2) is 9.18 Å². The van der Waals surface area contributed by atoms with Crippen molar-refractivity contribution in [2.45, 2.75) is 69.8 Å². The van der Waals surface area contributed by atoms with Gasteiger partial charge in [-0.1, -0.05) is 6.07 Å². The van der Waals surface area contributed by atoms with E-state index in [1.165, 1.54) is 18.4 Å². The van der Waals surface area contributed by atoms with Crippen molar-refractivity contribution in [3.63, 3.8) is 0 Å². The van der Waals surface area contributed by atoms with Gasteiger partial charge in [0.2, 0.25) is 0 Å². The third-order valence-electron chi connectivity index (χ3n) is 5.04. The predicted molar refractivity (Wildman–Crippen MR) is 112 cm³/mol. The summed E-state index contributed by atoms with van der Waals surface area (Å²) in [6.07, 6.45) is 5.45. The fourth-order valence-corrected chi connectivity index (χ4v) is 4.12. The van der Waals surface area contributed by atoms with Gasteiger partial charge in [-0.05, 0) is 70.1 Å². The van der Waals surface area contributed by atoms with Gasteiger partial charge in [0.15, 0.2) is 0 Å². The van der Waals surface area contributed by atoms with Crippen LogP contribution in [-0.4, -0.2) is 45.9 Å². The average molecular weight is 426 g/mol. The molecule has 1 unspecified atom stereocenters. The third-order valence-corrected chi connectivity index (χ3v) is 5.99. The Morgan fingerprint density at radius 2 is 1.90 bits per heavy atom. The number of benzene rings is 1. The third kappa shape index (κ3) is 7.88. The van der Waals surface area contributed by atoms with Crippen molar-refractivity contribution in [2.24, 2.45) is 5.92 Å². The lowest BCUT2D eigenvalue weighted by atomic mass is 9.91. The number of carbonyl (C=O) groups excluding carboxylic acids is 2. The van der Waals surface area contributed by atoms with Gasteiger partial charge in [0.05, 0.1) is 15.7 Å². The van der Waals surface area contributed by atoms with E-state index < -0.39 is 22.2 Å². The summed E-state index contributed by atoms with van der Waals surface area (Å²) in [6.45, 7) is 6.97. The normalized spacial score (nSPS) is 16.5. The van der Waals surface area contributed by atoms with Gasteiger partial charge in [0.1, 0.15) is 17.2 Å².